The van der Waals surface area contributed by atoms with Crippen molar-refractivity contribution < 1.29 is 0 Å². The highest BCUT2D eigenvalue weighted by atomic mass is 32.2. The first kappa shape index (κ1) is 11.3. The standard InChI is InChI=1S/C9H16N4S/c1-13(2)6-3-7-14-9-8(10)11-4-5-12-9/h4-5H,3,6-7H2,1-2H3,(H2,10,11). The molecule has 2 N–H and O–H groups in total. The van der Waals surface area contributed by atoms with Gasteiger partial charge in [0.25, 0.3) is 0 Å². The number of hydrogen-bond donors (Lipinski definition) is 1. The zero-order valence-corrected chi connectivity index (χ0v) is 9.42. The molecule has 0 atom stereocenters. The second-order valence-electron chi connectivity index (χ2n) is 3.25. The summed E-state index contributed by atoms with van der Waals surface area (Å²) in [5.41, 5.74) is 5.66. The van der Waals surface area contributed by atoms with Crippen molar-refractivity contribution in [3.05, 3.63) is 12.4 Å². The summed E-state index contributed by atoms with van der Waals surface area (Å²) in [4.78, 5) is 10.3. The fraction of sp³-hybridized carbons (Fsp3) is 0.556. The molecule has 1 aromatic heterocycles. The van der Waals surface area contributed by atoms with Crippen molar-refractivity contribution in [3.8, 4) is 0 Å². The van der Waals surface area contributed by atoms with E-state index in [9.17, 15) is 0 Å². The van der Waals surface area contributed by atoms with Gasteiger partial charge in [-0.15, -0.1) is 11.8 Å². The van der Waals surface area contributed by atoms with Gasteiger partial charge in [-0.3, -0.25) is 0 Å². The zero-order chi connectivity index (χ0) is 10.4. The van der Waals surface area contributed by atoms with Gasteiger partial charge >= 0.3 is 0 Å². The Morgan fingerprint density at radius 1 is 1.36 bits per heavy atom. The fourth-order valence-electron chi connectivity index (χ4n) is 0.997. The number of thioether (sulfide) groups is 1. The third-order valence-corrected chi connectivity index (χ3v) is 2.76. The molecule has 0 bridgehead atoms. The van der Waals surface area contributed by atoms with Gasteiger partial charge in [-0.2, -0.15) is 0 Å². The van der Waals surface area contributed by atoms with Crippen molar-refractivity contribution in [2.45, 2.75) is 11.4 Å². The molecule has 14 heavy (non-hydrogen) atoms. The van der Waals surface area contributed by atoms with Crippen molar-refractivity contribution in [3.63, 3.8) is 0 Å². The molecule has 5 heteroatoms. The number of nitrogen functional groups attached to an aromatic ring is 1. The van der Waals surface area contributed by atoms with E-state index in [0.29, 0.717) is 5.82 Å². The van der Waals surface area contributed by atoms with Crippen LogP contribution in [0.2, 0.25) is 0 Å². The SMILES string of the molecule is CN(C)CCCSc1nccnc1N. The highest BCUT2D eigenvalue weighted by Gasteiger charge is 2.01. The molecule has 0 saturated heterocycles. The third kappa shape index (κ3) is 3.93. The predicted octanol–water partition coefficient (Wildman–Crippen LogP) is 1.10. The Hall–Kier alpha value is -0.810. The van der Waals surface area contributed by atoms with Gasteiger partial charge in [-0.05, 0) is 27.1 Å². The molecule has 0 spiro atoms. The van der Waals surface area contributed by atoms with Crippen LogP contribution in [0.4, 0.5) is 5.82 Å². The Labute approximate surface area is 88.9 Å². The van der Waals surface area contributed by atoms with E-state index < -0.39 is 0 Å². The van der Waals surface area contributed by atoms with E-state index in [1.54, 1.807) is 24.2 Å². The lowest BCUT2D eigenvalue weighted by Crippen LogP contribution is -2.13. The Balaban J connectivity index is 2.28. The highest BCUT2D eigenvalue weighted by Crippen LogP contribution is 2.19. The predicted molar refractivity (Wildman–Crippen MR) is 60.3 cm³/mol. The summed E-state index contributed by atoms with van der Waals surface area (Å²) in [5.74, 6) is 1.56. The summed E-state index contributed by atoms with van der Waals surface area (Å²) in [7, 11) is 4.14. The molecule has 0 amide bonds. The number of nitrogens with two attached hydrogens (primary N) is 1. The van der Waals surface area contributed by atoms with Crippen LogP contribution >= 0.6 is 11.8 Å². The van der Waals surface area contributed by atoms with E-state index in [-0.39, 0.29) is 0 Å². The van der Waals surface area contributed by atoms with Crippen LogP contribution in [0.3, 0.4) is 0 Å². The van der Waals surface area contributed by atoms with E-state index in [1.165, 1.54) is 0 Å². The van der Waals surface area contributed by atoms with E-state index in [4.69, 9.17) is 5.73 Å². The lowest BCUT2D eigenvalue weighted by molar-refractivity contribution is 0.410. The van der Waals surface area contributed by atoms with Crippen molar-refractivity contribution in [2.24, 2.45) is 0 Å². The number of rotatable bonds is 5. The van der Waals surface area contributed by atoms with E-state index in [0.717, 1.165) is 23.7 Å². The first-order valence-corrected chi connectivity index (χ1v) is 5.52. The van der Waals surface area contributed by atoms with Crippen LogP contribution in [-0.2, 0) is 0 Å². The number of nitrogens with zero attached hydrogens (tertiary/aromatic N) is 3. The Bertz CT molecular complexity index is 277. The first-order chi connectivity index (χ1) is 6.70. The molecule has 1 rings (SSSR count). The van der Waals surface area contributed by atoms with Gasteiger partial charge < -0.3 is 10.6 Å². The van der Waals surface area contributed by atoms with Crippen molar-refractivity contribution in [1.82, 2.24) is 14.9 Å². The third-order valence-electron chi connectivity index (χ3n) is 1.68. The molecule has 0 aliphatic rings. The number of anilines is 1. The molecule has 1 heterocycles. The van der Waals surface area contributed by atoms with Gasteiger partial charge in [-0.25, -0.2) is 9.97 Å². The monoisotopic (exact) mass is 212 g/mol. The van der Waals surface area contributed by atoms with Crippen LogP contribution in [0.5, 0.6) is 0 Å². The zero-order valence-electron chi connectivity index (χ0n) is 8.60. The molecule has 4 nitrogen and oxygen atoms in total. The largest absolute Gasteiger partial charge is 0.381 e. The first-order valence-electron chi connectivity index (χ1n) is 4.54. The molecular formula is C9H16N4S. The quantitative estimate of drug-likeness (QED) is 0.585. The minimum absolute atomic E-state index is 0.530. The van der Waals surface area contributed by atoms with Crippen LogP contribution in [0, 0.1) is 0 Å². The molecular weight excluding hydrogens is 196 g/mol. The molecule has 78 valence electrons. The summed E-state index contributed by atoms with van der Waals surface area (Å²) >= 11 is 1.66. The minimum atomic E-state index is 0.530. The van der Waals surface area contributed by atoms with E-state index in [2.05, 4.69) is 29.0 Å². The van der Waals surface area contributed by atoms with Gasteiger partial charge in [-0.1, -0.05) is 0 Å². The smallest absolute Gasteiger partial charge is 0.156 e. The molecule has 0 fully saturated rings. The van der Waals surface area contributed by atoms with Gasteiger partial charge in [0.2, 0.25) is 0 Å². The minimum Gasteiger partial charge on any atom is -0.381 e. The topological polar surface area (TPSA) is 55.0 Å². The number of aromatic nitrogens is 2. The molecule has 0 unspecified atom stereocenters. The van der Waals surface area contributed by atoms with Crippen LogP contribution in [0.25, 0.3) is 0 Å². The summed E-state index contributed by atoms with van der Waals surface area (Å²) in [6.07, 6.45) is 4.41. The Morgan fingerprint density at radius 3 is 2.71 bits per heavy atom. The molecule has 0 aromatic carbocycles. The van der Waals surface area contributed by atoms with Crippen LogP contribution in [-0.4, -0.2) is 41.3 Å². The Kier molecular flexibility index (Phi) is 4.69. The summed E-state index contributed by atoms with van der Waals surface area (Å²) in [5, 5.41) is 0.839. The maximum Gasteiger partial charge on any atom is 0.156 e. The van der Waals surface area contributed by atoms with E-state index in [1.807, 2.05) is 0 Å². The number of hydrogen-bond acceptors (Lipinski definition) is 5. The molecule has 0 aliphatic heterocycles. The van der Waals surface area contributed by atoms with Crippen molar-refractivity contribution in [1.29, 1.82) is 0 Å². The van der Waals surface area contributed by atoms with Crippen LogP contribution < -0.4 is 5.73 Å². The van der Waals surface area contributed by atoms with Gasteiger partial charge in [0.1, 0.15) is 5.03 Å². The summed E-state index contributed by atoms with van der Waals surface area (Å²) < 4.78 is 0. The highest BCUT2D eigenvalue weighted by molar-refractivity contribution is 7.99. The van der Waals surface area contributed by atoms with E-state index >= 15 is 0 Å². The fourth-order valence-corrected chi connectivity index (χ4v) is 1.80. The van der Waals surface area contributed by atoms with Gasteiger partial charge in [0.05, 0.1) is 0 Å². The Morgan fingerprint density at radius 2 is 2.07 bits per heavy atom. The van der Waals surface area contributed by atoms with Crippen LogP contribution in [0.15, 0.2) is 17.4 Å². The van der Waals surface area contributed by atoms with Gasteiger partial charge in [0.15, 0.2) is 5.82 Å². The molecule has 0 aliphatic carbocycles. The molecule has 0 radical (unpaired) electrons. The van der Waals surface area contributed by atoms with Crippen molar-refractivity contribution >= 4 is 17.6 Å². The lowest BCUT2D eigenvalue weighted by Gasteiger charge is -2.08. The maximum atomic E-state index is 5.66. The maximum absolute atomic E-state index is 5.66. The normalized spacial score (nSPS) is 10.8. The van der Waals surface area contributed by atoms with Crippen molar-refractivity contribution in [2.75, 3.05) is 32.1 Å². The average molecular weight is 212 g/mol. The second-order valence-corrected chi connectivity index (χ2v) is 4.34. The summed E-state index contributed by atoms with van der Waals surface area (Å²) in [6, 6.07) is 0. The lowest BCUT2D eigenvalue weighted by atomic mass is 10.5. The van der Waals surface area contributed by atoms with Crippen LogP contribution in [0.1, 0.15) is 6.42 Å². The second kappa shape index (κ2) is 5.82. The summed E-state index contributed by atoms with van der Waals surface area (Å²) in [6.45, 7) is 1.09. The molecule has 0 saturated carbocycles. The average Bonchev–Trinajstić information content (AvgIpc) is 2.15. The van der Waals surface area contributed by atoms with Gasteiger partial charge in [0, 0.05) is 18.1 Å². The molecule has 1 aromatic rings.